The van der Waals surface area contributed by atoms with E-state index in [2.05, 4.69) is 30.2 Å². The number of ether oxygens (including phenoxy) is 1. The van der Waals surface area contributed by atoms with Crippen LogP contribution in [-0.2, 0) is 32.5 Å². The molecule has 3 N–H and O–H groups in total. The molecular formula is C24H27ClN6O6S2. The lowest BCUT2D eigenvalue weighted by atomic mass is 10.1. The molecule has 2 aliphatic heterocycles. The van der Waals surface area contributed by atoms with Crippen LogP contribution in [0.3, 0.4) is 0 Å². The second-order valence-electron chi connectivity index (χ2n) is 9.60. The fourth-order valence-electron chi connectivity index (χ4n) is 4.71. The van der Waals surface area contributed by atoms with Crippen molar-refractivity contribution in [2.24, 2.45) is 0 Å². The van der Waals surface area contributed by atoms with E-state index in [0.29, 0.717) is 17.1 Å². The molecule has 2 atom stereocenters. The highest BCUT2D eigenvalue weighted by Gasteiger charge is 2.41. The van der Waals surface area contributed by atoms with E-state index in [1.807, 2.05) is 7.05 Å². The van der Waals surface area contributed by atoms with Gasteiger partial charge in [-0.15, -0.1) is 11.3 Å². The molecule has 1 aromatic carbocycles. The molecule has 0 unspecified atom stereocenters. The SMILES string of the molecule is COC(=O)CS(=O)(=O)N1C[C@@H](NC(=O)c2cc3cc(Cl)ccc3[nH]2)[C@H](NC(=O)c2nc3c(s2)CN(C)CC3)C1. The van der Waals surface area contributed by atoms with Gasteiger partial charge in [-0.2, -0.15) is 4.31 Å². The molecule has 12 nitrogen and oxygen atoms in total. The van der Waals surface area contributed by atoms with Crippen molar-refractivity contribution in [3.63, 3.8) is 0 Å². The third kappa shape index (κ3) is 5.94. The van der Waals surface area contributed by atoms with E-state index in [-0.39, 0.29) is 23.8 Å². The van der Waals surface area contributed by atoms with Crippen LogP contribution in [-0.4, -0.2) is 97.0 Å². The Hall–Kier alpha value is -3.04. The smallest absolute Gasteiger partial charge is 0.322 e. The minimum absolute atomic E-state index is 0.133. The zero-order valence-electron chi connectivity index (χ0n) is 21.2. The number of fused-ring (bicyclic) bond motifs is 2. The van der Waals surface area contributed by atoms with Crippen LogP contribution in [0, 0.1) is 0 Å². The summed E-state index contributed by atoms with van der Waals surface area (Å²) in [4.78, 5) is 48.7. The predicted octanol–water partition coefficient (Wildman–Crippen LogP) is 0.981. The summed E-state index contributed by atoms with van der Waals surface area (Å²) in [6.45, 7) is 1.28. The lowest BCUT2D eigenvalue weighted by Gasteiger charge is -2.20. The number of sulfonamides is 1. The number of hydrogen-bond donors (Lipinski definition) is 3. The summed E-state index contributed by atoms with van der Waals surface area (Å²) >= 11 is 7.35. The third-order valence-corrected chi connectivity index (χ3v) is 9.79. The van der Waals surface area contributed by atoms with Gasteiger partial charge >= 0.3 is 5.97 Å². The number of hydrogen-bond acceptors (Lipinski definition) is 9. The quantitative estimate of drug-likeness (QED) is 0.342. The number of benzene rings is 1. The first-order chi connectivity index (χ1) is 18.5. The molecule has 0 radical (unpaired) electrons. The maximum Gasteiger partial charge on any atom is 0.322 e. The van der Waals surface area contributed by atoms with Crippen molar-refractivity contribution in [3.8, 4) is 0 Å². The summed E-state index contributed by atoms with van der Waals surface area (Å²) < 4.78 is 31.4. The number of nitrogens with one attached hydrogen (secondary N) is 3. The van der Waals surface area contributed by atoms with Crippen molar-refractivity contribution in [1.29, 1.82) is 0 Å². The number of esters is 1. The summed E-state index contributed by atoms with van der Waals surface area (Å²) in [6.07, 6.45) is 0.743. The molecule has 2 amide bonds. The van der Waals surface area contributed by atoms with Gasteiger partial charge in [-0.3, -0.25) is 14.4 Å². The van der Waals surface area contributed by atoms with Gasteiger partial charge in [0.2, 0.25) is 10.0 Å². The molecule has 0 spiro atoms. The Morgan fingerprint density at radius 1 is 1.18 bits per heavy atom. The minimum Gasteiger partial charge on any atom is -0.468 e. The zero-order valence-corrected chi connectivity index (χ0v) is 23.6. The Balaban J connectivity index is 1.36. The normalized spacial score (nSPS) is 20.1. The van der Waals surface area contributed by atoms with Gasteiger partial charge in [0, 0.05) is 53.4 Å². The molecule has 1 saturated heterocycles. The summed E-state index contributed by atoms with van der Waals surface area (Å²) in [5.41, 5.74) is 1.85. The second kappa shape index (κ2) is 10.8. The number of methoxy groups -OCH3 is 1. The Kier molecular flexibility index (Phi) is 7.66. The number of rotatable bonds is 7. The van der Waals surface area contributed by atoms with Crippen LogP contribution in [0.4, 0.5) is 0 Å². The van der Waals surface area contributed by atoms with Crippen LogP contribution in [0.15, 0.2) is 24.3 Å². The summed E-state index contributed by atoms with van der Waals surface area (Å²) in [5, 5.41) is 7.24. The highest BCUT2D eigenvalue weighted by molar-refractivity contribution is 7.89. The van der Waals surface area contributed by atoms with Gasteiger partial charge in [0.1, 0.15) is 5.69 Å². The number of carbonyl (C=O) groups excluding carboxylic acids is 3. The van der Waals surface area contributed by atoms with Crippen LogP contribution in [0.25, 0.3) is 10.9 Å². The molecule has 1 fully saturated rings. The maximum atomic E-state index is 13.2. The number of aromatic amines is 1. The first kappa shape index (κ1) is 27.5. The van der Waals surface area contributed by atoms with Crippen LogP contribution in [0.5, 0.6) is 0 Å². The molecule has 2 aliphatic rings. The molecular weight excluding hydrogens is 568 g/mol. The summed E-state index contributed by atoms with van der Waals surface area (Å²) in [6, 6.07) is 5.26. The molecule has 0 aliphatic carbocycles. The Morgan fingerprint density at radius 3 is 2.62 bits per heavy atom. The Morgan fingerprint density at radius 2 is 1.90 bits per heavy atom. The first-order valence-corrected chi connectivity index (χ1v) is 14.9. The number of amides is 2. The monoisotopic (exact) mass is 594 g/mol. The number of aromatic nitrogens is 2. The molecule has 2 aromatic heterocycles. The standard InChI is InChI=1S/C24H27ClN6O6S2/c1-30-6-5-16-20(11-30)38-24(29-16)23(34)28-19-10-31(39(35,36)12-21(32)37-2)9-18(19)27-22(33)17-8-13-7-14(25)3-4-15(13)26-17/h3-4,7-8,18-19,26H,5-6,9-12H2,1-2H3,(H,27,33)(H,28,34)/t18-,19-/m1/s1. The van der Waals surface area contributed by atoms with Gasteiger partial charge in [0.15, 0.2) is 10.8 Å². The zero-order chi connectivity index (χ0) is 27.9. The molecule has 208 valence electrons. The van der Waals surface area contributed by atoms with E-state index in [4.69, 9.17) is 11.6 Å². The number of thiazole rings is 1. The summed E-state index contributed by atoms with van der Waals surface area (Å²) in [7, 11) is -0.953. The topological polar surface area (TPSA) is 154 Å². The van der Waals surface area contributed by atoms with Gasteiger partial charge in [-0.05, 0) is 31.3 Å². The van der Waals surface area contributed by atoms with Crippen molar-refractivity contribution in [2.45, 2.75) is 25.0 Å². The highest BCUT2D eigenvalue weighted by atomic mass is 35.5. The van der Waals surface area contributed by atoms with Crippen LogP contribution < -0.4 is 10.6 Å². The Bertz CT molecular complexity index is 1550. The lowest BCUT2D eigenvalue weighted by Crippen LogP contribution is -2.51. The fraction of sp³-hybridized carbons (Fsp3) is 0.417. The molecule has 15 heteroatoms. The third-order valence-electron chi connectivity index (χ3n) is 6.78. The minimum atomic E-state index is -4.06. The largest absolute Gasteiger partial charge is 0.468 e. The number of nitrogens with zero attached hydrogens (tertiary/aromatic N) is 3. The van der Waals surface area contributed by atoms with Crippen molar-refractivity contribution >= 4 is 61.6 Å². The van der Waals surface area contributed by atoms with E-state index in [0.717, 1.165) is 40.3 Å². The van der Waals surface area contributed by atoms with Crippen molar-refractivity contribution in [1.82, 2.24) is 29.8 Å². The van der Waals surface area contributed by atoms with Crippen LogP contribution >= 0.6 is 22.9 Å². The summed E-state index contributed by atoms with van der Waals surface area (Å²) in [5.74, 6) is -2.68. The van der Waals surface area contributed by atoms with Crippen molar-refractivity contribution in [3.05, 3.63) is 50.6 Å². The van der Waals surface area contributed by atoms with E-state index in [9.17, 15) is 22.8 Å². The number of carbonyl (C=O) groups is 3. The molecule has 39 heavy (non-hydrogen) atoms. The van der Waals surface area contributed by atoms with E-state index in [1.165, 1.54) is 11.3 Å². The van der Waals surface area contributed by atoms with Crippen molar-refractivity contribution < 1.29 is 27.5 Å². The van der Waals surface area contributed by atoms with Gasteiger partial charge in [0.05, 0.1) is 24.9 Å². The number of likely N-dealkylation sites (N-methyl/N-ethyl adjacent to an activating group) is 1. The molecule has 0 bridgehead atoms. The van der Waals surface area contributed by atoms with E-state index < -0.39 is 45.6 Å². The van der Waals surface area contributed by atoms with E-state index >= 15 is 0 Å². The van der Waals surface area contributed by atoms with E-state index in [1.54, 1.807) is 24.3 Å². The first-order valence-electron chi connectivity index (χ1n) is 12.1. The fourth-order valence-corrected chi connectivity index (χ4v) is 7.35. The van der Waals surface area contributed by atoms with Gasteiger partial charge in [-0.1, -0.05) is 11.6 Å². The number of halogens is 1. The number of H-pyrrole nitrogens is 1. The molecule has 3 aromatic rings. The Labute approximate surface area is 233 Å². The van der Waals surface area contributed by atoms with Gasteiger partial charge < -0.3 is 25.3 Å². The lowest BCUT2D eigenvalue weighted by molar-refractivity contribution is -0.137. The average Bonchev–Trinajstić information content (AvgIpc) is 3.60. The molecule has 5 rings (SSSR count). The maximum absolute atomic E-state index is 13.2. The molecule has 0 saturated carbocycles. The second-order valence-corrected chi connectivity index (χ2v) is 13.1. The van der Waals surface area contributed by atoms with Gasteiger partial charge in [-0.25, -0.2) is 13.4 Å². The molecule has 4 heterocycles. The average molecular weight is 595 g/mol. The van der Waals surface area contributed by atoms with Crippen molar-refractivity contribution in [2.75, 3.05) is 39.5 Å². The highest BCUT2D eigenvalue weighted by Crippen LogP contribution is 2.25. The van der Waals surface area contributed by atoms with Crippen LogP contribution in [0.1, 0.15) is 30.9 Å². The van der Waals surface area contributed by atoms with Gasteiger partial charge in [0.25, 0.3) is 11.8 Å². The predicted molar refractivity (Wildman–Crippen MR) is 145 cm³/mol. The van der Waals surface area contributed by atoms with Crippen LogP contribution in [0.2, 0.25) is 5.02 Å².